The van der Waals surface area contributed by atoms with Crippen LogP contribution in [-0.4, -0.2) is 47.7 Å². The number of nitrogens with zero attached hydrogens (tertiary/aromatic N) is 1. The highest BCUT2D eigenvalue weighted by molar-refractivity contribution is 5.88. The Balaban J connectivity index is 1.72. The number of carboxylic acids is 1. The summed E-state index contributed by atoms with van der Waals surface area (Å²) in [6.07, 6.45) is 0.813. The molecule has 2 aliphatic rings. The van der Waals surface area contributed by atoms with E-state index in [2.05, 4.69) is 6.07 Å². The number of rotatable bonds is 3. The van der Waals surface area contributed by atoms with Crippen molar-refractivity contribution in [2.24, 2.45) is 5.92 Å². The molecule has 5 nitrogen and oxygen atoms in total. The number of hydrogen-bond donors (Lipinski definition) is 1. The molecule has 5 heteroatoms. The molecule has 0 aromatic heterocycles. The second-order valence-electron chi connectivity index (χ2n) is 5.77. The van der Waals surface area contributed by atoms with Gasteiger partial charge in [-0.15, -0.1) is 0 Å². The molecule has 21 heavy (non-hydrogen) atoms. The number of carboxylic acid groups (broad SMARTS) is 1. The molecule has 3 atom stereocenters. The first-order chi connectivity index (χ1) is 10.1. The molecule has 1 aliphatic heterocycles. The van der Waals surface area contributed by atoms with Gasteiger partial charge in [-0.25, -0.2) is 4.79 Å². The Labute approximate surface area is 123 Å². The fourth-order valence-electron chi connectivity index (χ4n) is 3.10. The molecule has 1 saturated heterocycles. The van der Waals surface area contributed by atoms with Gasteiger partial charge >= 0.3 is 5.97 Å². The van der Waals surface area contributed by atoms with Crippen molar-refractivity contribution >= 4 is 11.9 Å². The van der Waals surface area contributed by atoms with Gasteiger partial charge in [-0.05, 0) is 30.4 Å². The number of aryl methyl sites for hydroxylation is 1. The molecule has 2 fully saturated rings. The van der Waals surface area contributed by atoms with Crippen LogP contribution in [0.1, 0.15) is 23.5 Å². The number of aliphatic carboxylic acids is 1. The van der Waals surface area contributed by atoms with E-state index in [9.17, 15) is 14.7 Å². The number of benzene rings is 1. The molecule has 0 spiro atoms. The Morgan fingerprint density at radius 1 is 1.33 bits per heavy atom. The van der Waals surface area contributed by atoms with E-state index in [1.165, 1.54) is 16.0 Å². The average molecular weight is 289 g/mol. The van der Waals surface area contributed by atoms with Crippen LogP contribution in [0.4, 0.5) is 0 Å². The summed E-state index contributed by atoms with van der Waals surface area (Å²) in [5.41, 5.74) is 2.39. The lowest BCUT2D eigenvalue weighted by Gasteiger charge is -2.33. The molecular weight excluding hydrogens is 270 g/mol. The van der Waals surface area contributed by atoms with Crippen LogP contribution in [0.25, 0.3) is 0 Å². The van der Waals surface area contributed by atoms with Crippen LogP contribution in [0.5, 0.6) is 0 Å². The third-order valence-corrected chi connectivity index (χ3v) is 4.39. The number of carbonyl (C=O) groups excluding carboxylic acids is 1. The van der Waals surface area contributed by atoms with Gasteiger partial charge in [0.2, 0.25) is 5.91 Å². The Morgan fingerprint density at radius 2 is 2.10 bits per heavy atom. The topological polar surface area (TPSA) is 66.8 Å². The largest absolute Gasteiger partial charge is 0.480 e. The Morgan fingerprint density at radius 3 is 2.81 bits per heavy atom. The first kappa shape index (κ1) is 14.1. The Hall–Kier alpha value is -1.88. The van der Waals surface area contributed by atoms with E-state index >= 15 is 0 Å². The normalized spacial score (nSPS) is 28.2. The van der Waals surface area contributed by atoms with Gasteiger partial charge in [0.15, 0.2) is 6.04 Å². The summed E-state index contributed by atoms with van der Waals surface area (Å²) in [6.45, 7) is 2.91. The van der Waals surface area contributed by atoms with E-state index in [0.717, 1.165) is 6.42 Å². The molecule has 1 aromatic carbocycles. The van der Waals surface area contributed by atoms with Gasteiger partial charge in [0, 0.05) is 12.5 Å². The van der Waals surface area contributed by atoms with E-state index in [1.54, 1.807) is 0 Å². The SMILES string of the molecule is Cc1ccccc1[C@@H]1C[C@H]1C(=O)N1CCOC[C@@H]1C(=O)O. The number of ether oxygens (including phenoxy) is 1. The van der Waals surface area contributed by atoms with Crippen LogP contribution in [-0.2, 0) is 14.3 Å². The Bertz CT molecular complexity index is 571. The van der Waals surface area contributed by atoms with Crippen molar-refractivity contribution in [3.8, 4) is 0 Å². The minimum absolute atomic E-state index is 0.0426. The maximum atomic E-state index is 12.6. The summed E-state index contributed by atoms with van der Waals surface area (Å²) in [5.74, 6) is -0.878. The van der Waals surface area contributed by atoms with Gasteiger partial charge < -0.3 is 14.7 Å². The van der Waals surface area contributed by atoms with E-state index in [4.69, 9.17) is 4.74 Å². The van der Waals surface area contributed by atoms with Crippen molar-refractivity contribution < 1.29 is 19.4 Å². The fourth-order valence-corrected chi connectivity index (χ4v) is 3.10. The second kappa shape index (κ2) is 5.48. The minimum Gasteiger partial charge on any atom is -0.480 e. The smallest absolute Gasteiger partial charge is 0.328 e. The predicted octanol–water partition coefficient (Wildman–Crippen LogP) is 1.41. The quantitative estimate of drug-likeness (QED) is 0.913. The first-order valence-electron chi connectivity index (χ1n) is 7.26. The highest BCUT2D eigenvalue weighted by Crippen LogP contribution is 2.49. The Kier molecular flexibility index (Phi) is 3.68. The maximum Gasteiger partial charge on any atom is 0.328 e. The van der Waals surface area contributed by atoms with E-state index in [-0.39, 0.29) is 24.3 Å². The van der Waals surface area contributed by atoms with Gasteiger partial charge in [0.25, 0.3) is 0 Å². The zero-order valence-corrected chi connectivity index (χ0v) is 12.0. The first-order valence-corrected chi connectivity index (χ1v) is 7.26. The minimum atomic E-state index is -0.990. The monoisotopic (exact) mass is 289 g/mol. The van der Waals surface area contributed by atoms with Crippen molar-refractivity contribution in [2.75, 3.05) is 19.8 Å². The van der Waals surface area contributed by atoms with Crippen molar-refractivity contribution in [3.05, 3.63) is 35.4 Å². The number of amides is 1. The average Bonchev–Trinajstić information content (AvgIpc) is 3.27. The molecule has 1 N–H and O–H groups in total. The predicted molar refractivity (Wildman–Crippen MR) is 76.0 cm³/mol. The van der Waals surface area contributed by atoms with E-state index in [1.807, 2.05) is 25.1 Å². The van der Waals surface area contributed by atoms with Gasteiger partial charge in [-0.2, -0.15) is 0 Å². The number of morpholine rings is 1. The number of carbonyl (C=O) groups is 2. The molecule has 3 rings (SSSR count). The lowest BCUT2D eigenvalue weighted by atomic mass is 10.0. The summed E-state index contributed by atoms with van der Waals surface area (Å²) in [4.78, 5) is 25.3. The third kappa shape index (κ3) is 2.65. The van der Waals surface area contributed by atoms with Crippen LogP contribution in [0.15, 0.2) is 24.3 Å². The van der Waals surface area contributed by atoms with Crippen LogP contribution < -0.4 is 0 Å². The molecule has 1 aromatic rings. The zero-order valence-electron chi connectivity index (χ0n) is 12.0. The molecule has 1 aliphatic carbocycles. The molecule has 112 valence electrons. The lowest BCUT2D eigenvalue weighted by Crippen LogP contribution is -2.53. The van der Waals surface area contributed by atoms with Crippen LogP contribution >= 0.6 is 0 Å². The molecule has 1 saturated carbocycles. The van der Waals surface area contributed by atoms with Crippen molar-refractivity contribution in [3.63, 3.8) is 0 Å². The summed E-state index contributed by atoms with van der Waals surface area (Å²) in [6, 6.07) is 7.23. The van der Waals surface area contributed by atoms with Gasteiger partial charge in [0.1, 0.15) is 0 Å². The fraction of sp³-hybridized carbons (Fsp3) is 0.500. The van der Waals surface area contributed by atoms with E-state index < -0.39 is 12.0 Å². The van der Waals surface area contributed by atoms with Crippen LogP contribution in [0, 0.1) is 12.8 Å². The number of hydrogen-bond acceptors (Lipinski definition) is 3. The standard InChI is InChI=1S/C16H19NO4/c1-10-4-2-3-5-11(10)12-8-13(12)15(18)17-6-7-21-9-14(17)16(19)20/h2-5,12-14H,6-9H2,1H3,(H,19,20)/t12-,13+,14+/m0/s1. The van der Waals surface area contributed by atoms with Crippen molar-refractivity contribution in [1.82, 2.24) is 4.90 Å². The van der Waals surface area contributed by atoms with Crippen LogP contribution in [0.2, 0.25) is 0 Å². The van der Waals surface area contributed by atoms with Crippen molar-refractivity contribution in [1.29, 1.82) is 0 Å². The zero-order chi connectivity index (χ0) is 15.0. The van der Waals surface area contributed by atoms with Crippen LogP contribution in [0.3, 0.4) is 0 Å². The lowest BCUT2D eigenvalue weighted by molar-refractivity contribution is -0.158. The highest BCUT2D eigenvalue weighted by atomic mass is 16.5. The summed E-state index contributed by atoms with van der Waals surface area (Å²) in [7, 11) is 0. The summed E-state index contributed by atoms with van der Waals surface area (Å²) < 4.78 is 5.18. The molecule has 1 heterocycles. The van der Waals surface area contributed by atoms with E-state index in [0.29, 0.717) is 13.2 Å². The molecule has 0 radical (unpaired) electrons. The highest BCUT2D eigenvalue weighted by Gasteiger charge is 2.48. The van der Waals surface area contributed by atoms with Crippen molar-refractivity contribution in [2.45, 2.75) is 25.3 Å². The van der Waals surface area contributed by atoms with Gasteiger partial charge in [-0.3, -0.25) is 4.79 Å². The molecule has 0 unspecified atom stereocenters. The molecule has 1 amide bonds. The molecule has 0 bridgehead atoms. The summed E-state index contributed by atoms with van der Waals surface area (Å²) in [5, 5.41) is 9.21. The maximum absolute atomic E-state index is 12.6. The second-order valence-corrected chi connectivity index (χ2v) is 5.77. The van der Waals surface area contributed by atoms with Gasteiger partial charge in [0.05, 0.1) is 13.2 Å². The third-order valence-electron chi connectivity index (χ3n) is 4.39. The summed E-state index contributed by atoms with van der Waals surface area (Å²) >= 11 is 0. The molecular formula is C16H19NO4. The van der Waals surface area contributed by atoms with Gasteiger partial charge in [-0.1, -0.05) is 24.3 Å².